The van der Waals surface area contributed by atoms with Crippen LogP contribution < -0.4 is 10.6 Å². The van der Waals surface area contributed by atoms with E-state index in [-0.39, 0.29) is 24.3 Å². The van der Waals surface area contributed by atoms with E-state index in [4.69, 9.17) is 25.2 Å². The third-order valence-electron chi connectivity index (χ3n) is 10.2. The molecule has 2 amide bonds. The Hall–Kier alpha value is -6.04. The predicted molar refractivity (Wildman–Crippen MR) is 252 cm³/mol. The summed E-state index contributed by atoms with van der Waals surface area (Å²) >= 11 is 0. The fourth-order valence-corrected chi connectivity index (χ4v) is 7.62. The van der Waals surface area contributed by atoms with Crippen LogP contribution in [0.2, 0.25) is 0 Å². The van der Waals surface area contributed by atoms with Crippen molar-refractivity contribution >= 4 is 45.6 Å². The number of carbonyl (C=O) groups is 2. The Morgan fingerprint density at radius 1 is 0.645 bits per heavy atom. The first kappa shape index (κ1) is 47.0. The molecule has 12 heteroatoms. The van der Waals surface area contributed by atoms with Gasteiger partial charge in [0.25, 0.3) is 0 Å². The van der Waals surface area contributed by atoms with Crippen LogP contribution >= 0.6 is 0 Å². The summed E-state index contributed by atoms with van der Waals surface area (Å²) in [6.45, 7) is 22.0. The maximum Gasteiger partial charge on any atom is 0.410 e. The average Bonchev–Trinajstić information content (AvgIpc) is 4.07. The molecule has 4 aromatic carbocycles. The zero-order valence-electron chi connectivity index (χ0n) is 38.5. The van der Waals surface area contributed by atoms with E-state index < -0.39 is 11.2 Å². The number of imidazole rings is 2. The molecule has 2 unspecified atom stereocenters. The number of aromatic nitrogens is 4. The largest absolute Gasteiger partial charge is 0.444 e. The number of hydrogen-bond acceptors (Lipinski definition) is 8. The molecule has 6 aromatic rings. The standard InChI is InChI=1S/C40H49N7O4.C6H7N.2C2H6/c1-39(2,3)50-37(48)46-20-10-14-33(46)35-41-29-18-16-26(22-31(29)43-35)24-45(28-12-8-7-9-13-28)25-27-17-19-30-32(23-27)44-36(42-30)34-15-11-21-47(34)38(49)51-40(4,5)6;7-6-4-2-1-3-5-6;2*1-2/h7-9,12-13,16-19,22-23,33-34H,10-11,14-15,20-21,24-25H2,1-6H3,(H,41,43)(H,42,44);1-5H,7H2;2*1-2H3. The second kappa shape index (κ2) is 21.2. The van der Waals surface area contributed by atoms with Crippen LogP contribution in [0.1, 0.15) is 130 Å². The van der Waals surface area contributed by atoms with Gasteiger partial charge in [-0.05, 0) is 127 Å². The quantitative estimate of drug-likeness (QED) is 0.135. The van der Waals surface area contributed by atoms with Crippen LogP contribution in [0.5, 0.6) is 0 Å². The predicted octanol–water partition coefficient (Wildman–Crippen LogP) is 12.1. The molecule has 0 radical (unpaired) electrons. The second-order valence-corrected chi connectivity index (χ2v) is 17.2. The average molecular weight is 845 g/mol. The molecule has 2 saturated heterocycles. The molecule has 0 spiro atoms. The summed E-state index contributed by atoms with van der Waals surface area (Å²) < 4.78 is 11.4. The van der Waals surface area contributed by atoms with E-state index in [2.05, 4.69) is 75.5 Å². The topological polar surface area (TPSA) is 146 Å². The summed E-state index contributed by atoms with van der Waals surface area (Å²) in [5.41, 5.74) is 12.1. The number of likely N-dealkylation sites (tertiary alicyclic amines) is 2. The number of nitrogen functional groups attached to an aromatic ring is 1. The lowest BCUT2D eigenvalue weighted by atomic mass is 10.1. The van der Waals surface area contributed by atoms with Crippen molar-refractivity contribution in [2.24, 2.45) is 0 Å². The van der Waals surface area contributed by atoms with E-state index in [0.29, 0.717) is 26.2 Å². The molecule has 4 N–H and O–H groups in total. The fourth-order valence-electron chi connectivity index (χ4n) is 7.62. The summed E-state index contributed by atoms with van der Waals surface area (Å²) in [5.74, 6) is 1.59. The lowest BCUT2D eigenvalue weighted by Gasteiger charge is -2.27. The molecule has 8 rings (SSSR count). The first-order valence-electron chi connectivity index (χ1n) is 22.3. The van der Waals surface area contributed by atoms with Gasteiger partial charge in [-0.1, -0.05) is 76.2 Å². The summed E-state index contributed by atoms with van der Waals surface area (Å²) in [6.07, 6.45) is 2.92. The van der Waals surface area contributed by atoms with E-state index in [1.807, 2.05) is 106 Å². The van der Waals surface area contributed by atoms with Crippen molar-refractivity contribution in [2.45, 2.75) is 131 Å². The fraction of sp³-hybridized carbons (Fsp3) is 0.440. The number of rotatable bonds is 7. The van der Waals surface area contributed by atoms with Gasteiger partial charge in [0, 0.05) is 37.6 Å². The zero-order chi connectivity index (χ0) is 45.0. The molecule has 4 heterocycles. The van der Waals surface area contributed by atoms with Crippen molar-refractivity contribution in [3.63, 3.8) is 0 Å². The number of fused-ring (bicyclic) bond motifs is 2. The van der Waals surface area contributed by atoms with Crippen LogP contribution in [0.3, 0.4) is 0 Å². The number of nitrogens with zero attached hydrogens (tertiary/aromatic N) is 5. The van der Waals surface area contributed by atoms with Crippen molar-refractivity contribution in [2.75, 3.05) is 23.7 Å². The normalized spacial score (nSPS) is 16.1. The highest BCUT2D eigenvalue weighted by Crippen LogP contribution is 2.35. The van der Waals surface area contributed by atoms with E-state index >= 15 is 0 Å². The van der Waals surface area contributed by atoms with E-state index in [0.717, 1.165) is 81.9 Å². The number of benzene rings is 4. The maximum atomic E-state index is 13.0. The Labute approximate surface area is 368 Å². The van der Waals surface area contributed by atoms with Crippen molar-refractivity contribution < 1.29 is 19.1 Å². The SMILES string of the molecule is CC.CC.CC(C)(C)OC(=O)N1CCCC1c1nc2ccc(CN(Cc3ccc4nc(C5CCCN5C(=O)OC(C)(C)C)[nH]c4c3)c3ccccc3)cc2[nH]1.Nc1ccccc1. The van der Waals surface area contributed by atoms with Crippen LogP contribution in [0.4, 0.5) is 21.0 Å². The van der Waals surface area contributed by atoms with E-state index in [1.54, 1.807) is 9.80 Å². The van der Waals surface area contributed by atoms with Crippen LogP contribution in [-0.2, 0) is 22.6 Å². The molecule has 2 atom stereocenters. The molecule has 0 saturated carbocycles. The van der Waals surface area contributed by atoms with Gasteiger partial charge < -0.3 is 30.1 Å². The van der Waals surface area contributed by atoms with Gasteiger partial charge in [0.1, 0.15) is 22.9 Å². The van der Waals surface area contributed by atoms with Gasteiger partial charge in [0.2, 0.25) is 0 Å². The Kier molecular flexibility index (Phi) is 16.0. The van der Waals surface area contributed by atoms with E-state index in [9.17, 15) is 9.59 Å². The van der Waals surface area contributed by atoms with Crippen molar-refractivity contribution in [3.05, 3.63) is 120 Å². The summed E-state index contributed by atoms with van der Waals surface area (Å²) in [5, 5.41) is 0. The van der Waals surface area contributed by atoms with Crippen LogP contribution in [0, 0.1) is 0 Å². The maximum absolute atomic E-state index is 13.0. The molecule has 2 aromatic heterocycles. The minimum Gasteiger partial charge on any atom is -0.444 e. The smallest absolute Gasteiger partial charge is 0.410 e. The minimum absolute atomic E-state index is 0.136. The molecule has 332 valence electrons. The molecule has 0 aliphatic carbocycles. The lowest BCUT2D eigenvalue weighted by molar-refractivity contribution is 0.0208. The first-order valence-corrected chi connectivity index (χ1v) is 22.3. The molecule has 2 fully saturated rings. The van der Waals surface area contributed by atoms with Gasteiger partial charge in [-0.3, -0.25) is 9.80 Å². The Morgan fingerprint density at radius 3 is 1.42 bits per heavy atom. The van der Waals surface area contributed by atoms with Gasteiger partial charge >= 0.3 is 12.2 Å². The summed E-state index contributed by atoms with van der Waals surface area (Å²) in [7, 11) is 0. The highest BCUT2D eigenvalue weighted by Gasteiger charge is 2.36. The minimum atomic E-state index is -0.550. The molecular weight excluding hydrogens is 777 g/mol. The molecule has 12 nitrogen and oxygen atoms in total. The lowest BCUT2D eigenvalue weighted by Crippen LogP contribution is -2.36. The molecule has 0 bridgehead atoms. The zero-order valence-corrected chi connectivity index (χ0v) is 38.5. The highest BCUT2D eigenvalue weighted by molar-refractivity contribution is 5.78. The first-order chi connectivity index (χ1) is 29.7. The number of amides is 2. The van der Waals surface area contributed by atoms with Gasteiger partial charge in [0.05, 0.1) is 34.2 Å². The third kappa shape index (κ3) is 12.5. The molecule has 2 aliphatic rings. The number of H-pyrrole nitrogens is 2. The van der Waals surface area contributed by atoms with Crippen molar-refractivity contribution in [1.29, 1.82) is 0 Å². The second-order valence-electron chi connectivity index (χ2n) is 17.2. The number of hydrogen-bond donors (Lipinski definition) is 3. The Balaban J connectivity index is 0.000000588. The van der Waals surface area contributed by atoms with Crippen LogP contribution in [0.15, 0.2) is 97.1 Å². The number of carbonyl (C=O) groups excluding carboxylic acids is 2. The van der Waals surface area contributed by atoms with Crippen LogP contribution in [-0.4, -0.2) is 66.2 Å². The van der Waals surface area contributed by atoms with Crippen molar-refractivity contribution in [3.8, 4) is 0 Å². The van der Waals surface area contributed by atoms with Gasteiger partial charge in [-0.15, -0.1) is 0 Å². The molecule has 2 aliphatic heterocycles. The van der Waals surface area contributed by atoms with Crippen molar-refractivity contribution in [1.82, 2.24) is 29.7 Å². The highest BCUT2D eigenvalue weighted by atomic mass is 16.6. The monoisotopic (exact) mass is 845 g/mol. The number of ether oxygens (including phenoxy) is 2. The Bertz CT molecular complexity index is 2200. The molecular formula is C50H68N8O4. The summed E-state index contributed by atoms with van der Waals surface area (Å²) in [6, 6.07) is 32.3. The number of para-hydroxylation sites is 2. The van der Waals surface area contributed by atoms with E-state index in [1.165, 1.54) is 0 Å². The van der Waals surface area contributed by atoms with Gasteiger partial charge in [-0.2, -0.15) is 0 Å². The molecule has 62 heavy (non-hydrogen) atoms. The number of nitrogens with one attached hydrogen (secondary N) is 2. The number of anilines is 2. The Morgan fingerprint density at radius 2 is 1.05 bits per heavy atom. The van der Waals surface area contributed by atoms with Crippen LogP contribution in [0.25, 0.3) is 22.1 Å². The van der Waals surface area contributed by atoms with Gasteiger partial charge in [0.15, 0.2) is 0 Å². The summed E-state index contributed by atoms with van der Waals surface area (Å²) in [4.78, 5) is 48.8. The number of aromatic amines is 2. The number of nitrogens with two attached hydrogens (primary N) is 1. The van der Waals surface area contributed by atoms with Gasteiger partial charge in [-0.25, -0.2) is 19.6 Å². The third-order valence-corrected chi connectivity index (χ3v) is 10.2.